The van der Waals surface area contributed by atoms with Gasteiger partial charge in [0.25, 0.3) is 0 Å². The Hall–Kier alpha value is -0.0800. The normalized spacial score (nSPS) is 10.2. The number of rotatable bonds is 1. The number of aryl methyl sites for hydroxylation is 1. The van der Waals surface area contributed by atoms with Crippen LogP contribution < -0.4 is 0 Å². The summed E-state index contributed by atoms with van der Waals surface area (Å²) in [5, 5.41) is 0.847. The van der Waals surface area contributed by atoms with Crippen molar-refractivity contribution in [2.75, 3.05) is 0 Å². The van der Waals surface area contributed by atoms with E-state index < -0.39 is 0 Å². The van der Waals surface area contributed by atoms with Gasteiger partial charge in [0.05, 0.1) is 5.02 Å². The maximum atomic E-state index is 12.8. The van der Waals surface area contributed by atoms with Crippen molar-refractivity contribution in [3.8, 4) is 0 Å². The van der Waals surface area contributed by atoms with Crippen molar-refractivity contribution in [3.63, 3.8) is 0 Å². The second-order valence-corrected chi connectivity index (χ2v) is 3.29. The molecule has 1 aromatic carbocycles. The summed E-state index contributed by atoms with van der Waals surface area (Å²) < 4.78 is 12.8. The zero-order chi connectivity index (χ0) is 8.43. The van der Waals surface area contributed by atoms with E-state index in [-0.39, 0.29) is 10.8 Å². The van der Waals surface area contributed by atoms with Crippen LogP contribution in [0.5, 0.6) is 0 Å². The van der Waals surface area contributed by atoms with E-state index in [1.54, 1.807) is 6.07 Å². The Morgan fingerprint density at radius 3 is 2.73 bits per heavy atom. The van der Waals surface area contributed by atoms with Crippen LogP contribution in [-0.2, 0) is 5.33 Å². The first-order valence-corrected chi connectivity index (χ1v) is 4.65. The summed E-state index contributed by atoms with van der Waals surface area (Å²) in [7, 11) is 0. The van der Waals surface area contributed by atoms with Gasteiger partial charge in [0.2, 0.25) is 0 Å². The average Bonchev–Trinajstić information content (AvgIpc) is 1.97. The fourth-order valence-electron chi connectivity index (χ4n) is 0.831. The number of halogens is 3. The van der Waals surface area contributed by atoms with Crippen LogP contribution in [0, 0.1) is 12.7 Å². The van der Waals surface area contributed by atoms with Crippen LogP contribution in [0.4, 0.5) is 4.39 Å². The minimum atomic E-state index is -0.355. The third-order valence-electron chi connectivity index (χ3n) is 1.52. The second-order valence-electron chi connectivity index (χ2n) is 2.33. The molecule has 0 atom stereocenters. The lowest BCUT2D eigenvalue weighted by atomic mass is 10.1. The smallest absolute Gasteiger partial charge is 0.142 e. The molecule has 1 rings (SSSR count). The van der Waals surface area contributed by atoms with Gasteiger partial charge in [-0.25, -0.2) is 4.39 Å². The van der Waals surface area contributed by atoms with Crippen LogP contribution in [0.25, 0.3) is 0 Å². The Balaban J connectivity index is 3.21. The van der Waals surface area contributed by atoms with Gasteiger partial charge in [-0.1, -0.05) is 27.5 Å². The molecule has 0 radical (unpaired) electrons. The molecule has 0 spiro atoms. The molecule has 0 saturated heterocycles. The van der Waals surface area contributed by atoms with E-state index in [0.29, 0.717) is 5.33 Å². The molecule has 11 heavy (non-hydrogen) atoms. The summed E-state index contributed by atoms with van der Waals surface area (Å²) in [6, 6.07) is 3.08. The highest BCUT2D eigenvalue weighted by atomic mass is 79.9. The number of hydrogen-bond acceptors (Lipinski definition) is 0. The van der Waals surface area contributed by atoms with Crippen molar-refractivity contribution in [2.24, 2.45) is 0 Å². The van der Waals surface area contributed by atoms with E-state index in [1.165, 1.54) is 6.07 Å². The van der Waals surface area contributed by atoms with E-state index in [4.69, 9.17) is 11.6 Å². The Kier molecular flexibility index (Phi) is 2.90. The topological polar surface area (TPSA) is 0 Å². The molecule has 0 nitrogen and oxygen atoms in total. The van der Waals surface area contributed by atoms with Crippen molar-refractivity contribution < 1.29 is 4.39 Å². The first-order chi connectivity index (χ1) is 5.15. The minimum absolute atomic E-state index is 0.187. The molecule has 0 bridgehead atoms. The van der Waals surface area contributed by atoms with Gasteiger partial charge in [-0.3, -0.25) is 0 Å². The molecule has 0 aliphatic heterocycles. The lowest BCUT2D eigenvalue weighted by molar-refractivity contribution is 0.626. The third-order valence-corrected chi connectivity index (χ3v) is 2.42. The number of hydrogen-bond donors (Lipinski definition) is 0. The van der Waals surface area contributed by atoms with Gasteiger partial charge < -0.3 is 0 Å². The monoisotopic (exact) mass is 236 g/mol. The summed E-state index contributed by atoms with van der Waals surface area (Å²) in [6.45, 7) is 1.90. The standard InChI is InChI=1S/C8H7BrClF/c1-5-2-7(10)8(11)3-6(5)4-9/h2-3H,4H2,1H3. The van der Waals surface area contributed by atoms with E-state index in [1.807, 2.05) is 6.92 Å². The molecule has 0 aliphatic carbocycles. The van der Waals surface area contributed by atoms with Gasteiger partial charge in [-0.2, -0.15) is 0 Å². The van der Waals surface area contributed by atoms with Crippen molar-refractivity contribution in [3.05, 3.63) is 34.1 Å². The quantitative estimate of drug-likeness (QED) is 0.654. The third kappa shape index (κ3) is 1.94. The highest BCUT2D eigenvalue weighted by Gasteiger charge is 2.03. The minimum Gasteiger partial charge on any atom is -0.205 e. The van der Waals surface area contributed by atoms with E-state index >= 15 is 0 Å². The maximum absolute atomic E-state index is 12.8. The van der Waals surface area contributed by atoms with Crippen molar-refractivity contribution in [1.82, 2.24) is 0 Å². The molecule has 1 aromatic rings. The lowest BCUT2D eigenvalue weighted by Gasteiger charge is -2.02. The Morgan fingerprint density at radius 1 is 1.55 bits per heavy atom. The van der Waals surface area contributed by atoms with Gasteiger partial charge in [0.1, 0.15) is 5.82 Å². The molecule has 60 valence electrons. The van der Waals surface area contributed by atoms with Gasteiger partial charge >= 0.3 is 0 Å². The Bertz CT molecular complexity index is 273. The van der Waals surface area contributed by atoms with Crippen LogP contribution in [0.15, 0.2) is 12.1 Å². The van der Waals surface area contributed by atoms with Crippen LogP contribution in [0.3, 0.4) is 0 Å². The second kappa shape index (κ2) is 3.55. The summed E-state index contributed by atoms with van der Waals surface area (Å²) in [5.41, 5.74) is 1.94. The summed E-state index contributed by atoms with van der Waals surface area (Å²) >= 11 is 8.81. The zero-order valence-electron chi connectivity index (χ0n) is 6.00. The van der Waals surface area contributed by atoms with Crippen LogP contribution >= 0.6 is 27.5 Å². The average molecular weight is 237 g/mol. The summed E-state index contributed by atoms with van der Waals surface area (Å²) in [6.07, 6.45) is 0. The van der Waals surface area contributed by atoms with Crippen molar-refractivity contribution in [2.45, 2.75) is 12.3 Å². The highest BCUT2D eigenvalue weighted by molar-refractivity contribution is 9.08. The predicted octanol–water partition coefficient (Wildman–Crippen LogP) is 3.68. The molecular weight excluding hydrogens is 230 g/mol. The predicted molar refractivity (Wildman–Crippen MR) is 48.8 cm³/mol. The van der Waals surface area contributed by atoms with Gasteiger partial charge in [0, 0.05) is 5.33 Å². The van der Waals surface area contributed by atoms with Gasteiger partial charge in [-0.15, -0.1) is 0 Å². The fraction of sp³-hybridized carbons (Fsp3) is 0.250. The largest absolute Gasteiger partial charge is 0.205 e. The molecule has 0 saturated carbocycles. The van der Waals surface area contributed by atoms with E-state index in [2.05, 4.69) is 15.9 Å². The first kappa shape index (κ1) is 9.01. The molecule has 0 fully saturated rings. The molecule has 0 amide bonds. The van der Waals surface area contributed by atoms with Crippen LogP contribution in [0.2, 0.25) is 5.02 Å². The molecule has 0 N–H and O–H groups in total. The Morgan fingerprint density at radius 2 is 2.18 bits per heavy atom. The van der Waals surface area contributed by atoms with E-state index in [9.17, 15) is 4.39 Å². The molecule has 0 aliphatic rings. The molecule has 0 heterocycles. The van der Waals surface area contributed by atoms with Crippen molar-refractivity contribution >= 4 is 27.5 Å². The van der Waals surface area contributed by atoms with Crippen LogP contribution in [-0.4, -0.2) is 0 Å². The van der Waals surface area contributed by atoms with E-state index in [0.717, 1.165) is 11.1 Å². The lowest BCUT2D eigenvalue weighted by Crippen LogP contribution is -1.87. The van der Waals surface area contributed by atoms with Gasteiger partial charge in [0.15, 0.2) is 0 Å². The van der Waals surface area contributed by atoms with Gasteiger partial charge in [-0.05, 0) is 30.2 Å². The molecule has 0 aromatic heterocycles. The van der Waals surface area contributed by atoms with Crippen molar-refractivity contribution in [1.29, 1.82) is 0 Å². The molecule has 0 unspecified atom stereocenters. The molecule has 3 heteroatoms. The SMILES string of the molecule is Cc1cc(Cl)c(F)cc1CBr. The molecular formula is C8H7BrClF. The summed E-state index contributed by atoms with van der Waals surface area (Å²) in [4.78, 5) is 0. The summed E-state index contributed by atoms with van der Waals surface area (Å²) in [5.74, 6) is -0.355. The fourth-order valence-corrected chi connectivity index (χ4v) is 1.65. The highest BCUT2D eigenvalue weighted by Crippen LogP contribution is 2.21. The zero-order valence-corrected chi connectivity index (χ0v) is 8.34. The first-order valence-electron chi connectivity index (χ1n) is 3.15. The maximum Gasteiger partial charge on any atom is 0.142 e. The van der Waals surface area contributed by atoms with Crippen LogP contribution in [0.1, 0.15) is 11.1 Å². The Labute approximate surface area is 78.5 Å². The number of alkyl halides is 1. The number of benzene rings is 1.